The maximum absolute atomic E-state index is 11.3. The third-order valence-corrected chi connectivity index (χ3v) is 1.66. The molecule has 0 aromatic rings. The Labute approximate surface area is 68.0 Å². The number of carbonyl (C=O) groups is 1. The molecule has 0 N–H and O–H groups in total. The van der Waals surface area contributed by atoms with Crippen molar-refractivity contribution in [3.63, 3.8) is 0 Å². The second-order valence-corrected chi connectivity index (χ2v) is 2.32. The minimum atomic E-state index is 0.0671. The van der Waals surface area contributed by atoms with E-state index in [0.29, 0.717) is 12.1 Å². The zero-order valence-electron chi connectivity index (χ0n) is 7.64. The fourth-order valence-corrected chi connectivity index (χ4v) is 0.779. The summed E-state index contributed by atoms with van der Waals surface area (Å²) in [5.41, 5.74) is 1.42. The standard InChI is InChI=1S/C9H15NO/c1-5-7(3)9(11)8(6-2)10-4/h5H,6H2,1-4H3/b7-5-,10-8?. The SMILES string of the molecule is C/C=C(/C)C(=O)C(CC)=NC. The van der Waals surface area contributed by atoms with Crippen LogP contribution in [0.1, 0.15) is 27.2 Å². The molecule has 0 heterocycles. The number of rotatable bonds is 3. The average Bonchev–Trinajstić information content (AvgIpc) is 2.05. The van der Waals surface area contributed by atoms with Crippen LogP contribution in [0.5, 0.6) is 0 Å². The third kappa shape index (κ3) is 2.66. The Balaban J connectivity index is 4.48. The van der Waals surface area contributed by atoms with Crippen molar-refractivity contribution in [1.29, 1.82) is 0 Å². The molecule has 0 aliphatic heterocycles. The van der Waals surface area contributed by atoms with Crippen LogP contribution >= 0.6 is 0 Å². The van der Waals surface area contributed by atoms with Gasteiger partial charge in [-0.3, -0.25) is 9.79 Å². The Morgan fingerprint density at radius 1 is 1.55 bits per heavy atom. The van der Waals surface area contributed by atoms with Crippen LogP contribution < -0.4 is 0 Å². The van der Waals surface area contributed by atoms with Gasteiger partial charge in [-0.15, -0.1) is 0 Å². The lowest BCUT2D eigenvalue weighted by Crippen LogP contribution is -2.13. The molecule has 0 aliphatic rings. The summed E-state index contributed by atoms with van der Waals surface area (Å²) in [6.45, 7) is 5.60. The predicted molar refractivity (Wildman–Crippen MR) is 48.1 cm³/mol. The summed E-state index contributed by atoms with van der Waals surface area (Å²) in [6.07, 6.45) is 2.52. The van der Waals surface area contributed by atoms with Gasteiger partial charge in [-0.05, 0) is 25.8 Å². The summed E-state index contributed by atoms with van der Waals surface area (Å²) in [6, 6.07) is 0. The molecular formula is C9H15NO. The Morgan fingerprint density at radius 3 is 2.36 bits per heavy atom. The molecule has 0 rings (SSSR count). The molecule has 0 spiro atoms. The molecular weight excluding hydrogens is 138 g/mol. The summed E-state index contributed by atoms with van der Waals surface area (Å²) in [5, 5.41) is 0. The molecule has 0 amide bonds. The van der Waals surface area contributed by atoms with Gasteiger partial charge in [0.1, 0.15) is 0 Å². The lowest BCUT2D eigenvalue weighted by atomic mass is 10.1. The van der Waals surface area contributed by atoms with Gasteiger partial charge in [-0.25, -0.2) is 0 Å². The Bertz CT molecular complexity index is 202. The molecule has 2 heteroatoms. The van der Waals surface area contributed by atoms with Gasteiger partial charge < -0.3 is 0 Å². The molecule has 0 fully saturated rings. The fraction of sp³-hybridized carbons (Fsp3) is 0.556. The lowest BCUT2D eigenvalue weighted by molar-refractivity contribution is -0.109. The van der Waals surface area contributed by atoms with Crippen molar-refractivity contribution < 1.29 is 4.79 Å². The first-order chi connectivity index (χ1) is 5.17. The number of carbonyl (C=O) groups excluding carboxylic acids is 1. The van der Waals surface area contributed by atoms with Crippen LogP contribution in [0.2, 0.25) is 0 Å². The summed E-state index contributed by atoms with van der Waals surface area (Å²) in [5.74, 6) is 0.0671. The van der Waals surface area contributed by atoms with E-state index in [2.05, 4.69) is 4.99 Å². The fourth-order valence-electron chi connectivity index (χ4n) is 0.779. The molecule has 0 aromatic carbocycles. The topological polar surface area (TPSA) is 29.4 Å². The van der Waals surface area contributed by atoms with Crippen molar-refractivity contribution in [2.45, 2.75) is 27.2 Å². The monoisotopic (exact) mass is 153 g/mol. The van der Waals surface area contributed by atoms with Gasteiger partial charge in [0.25, 0.3) is 0 Å². The van der Waals surface area contributed by atoms with E-state index in [1.807, 2.05) is 26.8 Å². The number of Topliss-reactive ketones (excluding diaryl/α,β-unsaturated/α-hetero) is 1. The Kier molecular flexibility index (Phi) is 4.42. The third-order valence-electron chi connectivity index (χ3n) is 1.66. The first-order valence-electron chi connectivity index (χ1n) is 3.80. The van der Waals surface area contributed by atoms with E-state index in [1.165, 1.54) is 0 Å². The number of allylic oxidation sites excluding steroid dienone is 2. The van der Waals surface area contributed by atoms with Crippen molar-refractivity contribution in [3.8, 4) is 0 Å². The zero-order valence-corrected chi connectivity index (χ0v) is 7.64. The molecule has 0 aromatic heterocycles. The molecule has 0 unspecified atom stereocenters. The molecule has 0 saturated heterocycles. The highest BCUT2D eigenvalue weighted by molar-refractivity contribution is 6.45. The quantitative estimate of drug-likeness (QED) is 0.450. The van der Waals surface area contributed by atoms with Gasteiger partial charge in [-0.1, -0.05) is 13.0 Å². The molecule has 62 valence electrons. The van der Waals surface area contributed by atoms with Crippen molar-refractivity contribution in [1.82, 2.24) is 0 Å². The Hall–Kier alpha value is -0.920. The van der Waals surface area contributed by atoms with Gasteiger partial charge in [0.2, 0.25) is 5.78 Å². The summed E-state index contributed by atoms with van der Waals surface area (Å²) in [4.78, 5) is 15.2. The molecule has 0 aliphatic carbocycles. The van der Waals surface area contributed by atoms with E-state index in [4.69, 9.17) is 0 Å². The van der Waals surface area contributed by atoms with Crippen LogP contribution in [-0.2, 0) is 4.79 Å². The van der Waals surface area contributed by atoms with Crippen molar-refractivity contribution >= 4 is 11.5 Å². The molecule has 11 heavy (non-hydrogen) atoms. The van der Waals surface area contributed by atoms with Gasteiger partial charge in [0.05, 0.1) is 5.71 Å². The number of aliphatic imine (C=N–C) groups is 1. The van der Waals surface area contributed by atoms with Gasteiger partial charge >= 0.3 is 0 Å². The van der Waals surface area contributed by atoms with E-state index in [0.717, 1.165) is 5.57 Å². The highest BCUT2D eigenvalue weighted by Gasteiger charge is 2.08. The lowest BCUT2D eigenvalue weighted by Gasteiger charge is -1.99. The van der Waals surface area contributed by atoms with Crippen LogP contribution in [0, 0.1) is 0 Å². The normalized spacial score (nSPS) is 13.5. The van der Waals surface area contributed by atoms with E-state index in [9.17, 15) is 4.79 Å². The molecule has 0 atom stereocenters. The number of hydrogen-bond donors (Lipinski definition) is 0. The van der Waals surface area contributed by atoms with Crippen LogP contribution in [0.25, 0.3) is 0 Å². The van der Waals surface area contributed by atoms with E-state index >= 15 is 0 Å². The molecule has 2 nitrogen and oxygen atoms in total. The first kappa shape index (κ1) is 10.1. The Morgan fingerprint density at radius 2 is 2.09 bits per heavy atom. The van der Waals surface area contributed by atoms with Crippen LogP contribution in [0.3, 0.4) is 0 Å². The van der Waals surface area contributed by atoms with Gasteiger partial charge in [0.15, 0.2) is 0 Å². The average molecular weight is 153 g/mol. The highest BCUT2D eigenvalue weighted by Crippen LogP contribution is 1.99. The van der Waals surface area contributed by atoms with E-state index in [1.54, 1.807) is 7.05 Å². The van der Waals surface area contributed by atoms with Crippen molar-refractivity contribution in [3.05, 3.63) is 11.6 Å². The molecule has 0 radical (unpaired) electrons. The number of nitrogens with zero attached hydrogens (tertiary/aromatic N) is 1. The van der Waals surface area contributed by atoms with Crippen molar-refractivity contribution in [2.24, 2.45) is 4.99 Å². The minimum absolute atomic E-state index is 0.0671. The molecule has 0 saturated carbocycles. The van der Waals surface area contributed by atoms with Crippen LogP contribution in [0.4, 0.5) is 0 Å². The summed E-state index contributed by atoms with van der Waals surface area (Å²) >= 11 is 0. The minimum Gasteiger partial charge on any atom is -0.289 e. The summed E-state index contributed by atoms with van der Waals surface area (Å²) in [7, 11) is 1.65. The van der Waals surface area contributed by atoms with Crippen molar-refractivity contribution in [2.75, 3.05) is 7.05 Å². The first-order valence-corrected chi connectivity index (χ1v) is 3.80. The number of hydrogen-bond acceptors (Lipinski definition) is 2. The van der Waals surface area contributed by atoms with Gasteiger partial charge in [0, 0.05) is 7.05 Å². The number of ketones is 1. The summed E-state index contributed by atoms with van der Waals surface area (Å²) < 4.78 is 0. The molecule has 0 bridgehead atoms. The maximum Gasteiger partial charge on any atom is 0.202 e. The second-order valence-electron chi connectivity index (χ2n) is 2.32. The maximum atomic E-state index is 11.3. The van der Waals surface area contributed by atoms with E-state index < -0.39 is 0 Å². The second kappa shape index (κ2) is 4.83. The van der Waals surface area contributed by atoms with E-state index in [-0.39, 0.29) is 5.78 Å². The largest absolute Gasteiger partial charge is 0.289 e. The van der Waals surface area contributed by atoms with Crippen LogP contribution in [0.15, 0.2) is 16.6 Å². The smallest absolute Gasteiger partial charge is 0.202 e. The van der Waals surface area contributed by atoms with Gasteiger partial charge in [-0.2, -0.15) is 0 Å². The zero-order chi connectivity index (χ0) is 8.85. The van der Waals surface area contributed by atoms with Crippen LogP contribution in [-0.4, -0.2) is 18.5 Å². The highest BCUT2D eigenvalue weighted by atomic mass is 16.1. The predicted octanol–water partition coefficient (Wildman–Crippen LogP) is 2.00.